The SMILES string of the molecule is CCCCn1ncc(N[C@@H]2CCCC[C@H]2N)c(Cl)c1=O. The van der Waals surface area contributed by atoms with Gasteiger partial charge < -0.3 is 11.1 Å². The van der Waals surface area contributed by atoms with Crippen molar-refractivity contribution in [3.05, 3.63) is 21.6 Å². The second-order valence-corrected chi connectivity index (χ2v) is 5.83. The first-order chi connectivity index (χ1) is 9.63. The van der Waals surface area contributed by atoms with Gasteiger partial charge in [-0.2, -0.15) is 5.10 Å². The molecule has 0 amide bonds. The van der Waals surface area contributed by atoms with Crippen LogP contribution < -0.4 is 16.6 Å². The fraction of sp³-hybridized carbons (Fsp3) is 0.714. The molecule has 1 aromatic heterocycles. The number of hydrogen-bond acceptors (Lipinski definition) is 4. The average molecular weight is 299 g/mol. The van der Waals surface area contributed by atoms with Crippen molar-refractivity contribution in [2.75, 3.05) is 5.32 Å². The molecular weight excluding hydrogens is 276 g/mol. The molecule has 1 aliphatic rings. The molecule has 0 bridgehead atoms. The van der Waals surface area contributed by atoms with Crippen molar-refractivity contribution in [3.63, 3.8) is 0 Å². The summed E-state index contributed by atoms with van der Waals surface area (Å²) in [6.45, 7) is 2.69. The van der Waals surface area contributed by atoms with Gasteiger partial charge in [0.25, 0.3) is 5.56 Å². The Morgan fingerprint density at radius 2 is 2.25 bits per heavy atom. The van der Waals surface area contributed by atoms with Gasteiger partial charge in [-0.1, -0.05) is 37.8 Å². The summed E-state index contributed by atoms with van der Waals surface area (Å²) in [5.74, 6) is 0. The van der Waals surface area contributed by atoms with Gasteiger partial charge in [-0.05, 0) is 19.3 Å². The van der Waals surface area contributed by atoms with E-state index in [1.165, 1.54) is 11.1 Å². The lowest BCUT2D eigenvalue weighted by molar-refractivity contribution is 0.403. The van der Waals surface area contributed by atoms with Gasteiger partial charge in [-0.15, -0.1) is 0 Å². The molecule has 1 fully saturated rings. The third-order valence-electron chi connectivity index (χ3n) is 3.87. The Morgan fingerprint density at radius 1 is 1.50 bits per heavy atom. The third-order valence-corrected chi connectivity index (χ3v) is 4.23. The van der Waals surface area contributed by atoms with Crippen LogP contribution in [0.5, 0.6) is 0 Å². The maximum atomic E-state index is 12.1. The lowest BCUT2D eigenvalue weighted by Crippen LogP contribution is -2.43. The van der Waals surface area contributed by atoms with Gasteiger partial charge in [0.1, 0.15) is 5.02 Å². The molecule has 0 saturated heterocycles. The van der Waals surface area contributed by atoms with Crippen LogP contribution in [-0.2, 0) is 6.54 Å². The minimum atomic E-state index is -0.227. The van der Waals surface area contributed by atoms with E-state index in [0.29, 0.717) is 12.2 Å². The topological polar surface area (TPSA) is 72.9 Å². The first-order valence-corrected chi connectivity index (χ1v) is 7.79. The zero-order chi connectivity index (χ0) is 14.5. The number of hydrogen-bond donors (Lipinski definition) is 2. The number of aromatic nitrogens is 2. The number of halogens is 1. The number of aryl methyl sites for hydroxylation is 1. The van der Waals surface area contributed by atoms with Crippen LogP contribution in [-0.4, -0.2) is 21.9 Å². The van der Waals surface area contributed by atoms with Crippen molar-refractivity contribution in [3.8, 4) is 0 Å². The highest BCUT2D eigenvalue weighted by molar-refractivity contribution is 6.32. The monoisotopic (exact) mass is 298 g/mol. The van der Waals surface area contributed by atoms with Crippen LogP contribution in [0.25, 0.3) is 0 Å². The van der Waals surface area contributed by atoms with E-state index in [1.807, 2.05) is 0 Å². The van der Waals surface area contributed by atoms with Crippen molar-refractivity contribution in [2.45, 2.75) is 64.1 Å². The Kier molecular flexibility index (Phi) is 5.43. The maximum Gasteiger partial charge on any atom is 0.287 e. The molecule has 0 aliphatic heterocycles. The molecule has 1 heterocycles. The summed E-state index contributed by atoms with van der Waals surface area (Å²) in [5, 5.41) is 7.69. The number of unbranched alkanes of at least 4 members (excludes halogenated alkanes) is 1. The minimum Gasteiger partial charge on any atom is -0.378 e. The molecular formula is C14H23ClN4O. The lowest BCUT2D eigenvalue weighted by atomic mass is 9.91. The van der Waals surface area contributed by atoms with E-state index in [1.54, 1.807) is 6.20 Å². The van der Waals surface area contributed by atoms with Crippen LogP contribution in [0.15, 0.2) is 11.0 Å². The summed E-state index contributed by atoms with van der Waals surface area (Å²) in [7, 11) is 0. The first kappa shape index (κ1) is 15.3. The standard InChI is InChI=1S/C14H23ClN4O/c1-2-3-8-19-14(20)13(15)12(9-17-19)18-11-7-5-4-6-10(11)16/h9-11,18H,2-8,16H2,1H3/t10-,11-/m1/s1. The van der Waals surface area contributed by atoms with Crippen LogP contribution in [0.3, 0.4) is 0 Å². The minimum absolute atomic E-state index is 0.113. The van der Waals surface area contributed by atoms with Crippen LogP contribution in [0.1, 0.15) is 45.4 Å². The Morgan fingerprint density at radius 3 is 2.95 bits per heavy atom. The van der Waals surface area contributed by atoms with E-state index in [4.69, 9.17) is 17.3 Å². The zero-order valence-electron chi connectivity index (χ0n) is 11.9. The maximum absolute atomic E-state index is 12.1. The van der Waals surface area contributed by atoms with Gasteiger partial charge in [0.2, 0.25) is 0 Å². The van der Waals surface area contributed by atoms with E-state index < -0.39 is 0 Å². The molecule has 0 aromatic carbocycles. The Labute approximate surface area is 124 Å². The molecule has 2 rings (SSSR count). The molecule has 1 aliphatic carbocycles. The molecule has 6 heteroatoms. The smallest absolute Gasteiger partial charge is 0.287 e. The second-order valence-electron chi connectivity index (χ2n) is 5.45. The van der Waals surface area contributed by atoms with Gasteiger partial charge in [0.05, 0.1) is 11.9 Å². The van der Waals surface area contributed by atoms with E-state index in [0.717, 1.165) is 32.1 Å². The van der Waals surface area contributed by atoms with Gasteiger partial charge in [-0.3, -0.25) is 4.79 Å². The summed E-state index contributed by atoms with van der Waals surface area (Å²) in [6, 6.07) is 0.288. The molecule has 0 radical (unpaired) electrons. The highest BCUT2D eigenvalue weighted by Crippen LogP contribution is 2.23. The van der Waals surface area contributed by atoms with Crippen molar-refractivity contribution in [1.29, 1.82) is 0 Å². The summed E-state index contributed by atoms with van der Waals surface area (Å²) in [4.78, 5) is 12.1. The Bertz CT molecular complexity index is 502. The zero-order valence-corrected chi connectivity index (χ0v) is 12.7. The molecule has 0 unspecified atom stereocenters. The molecule has 5 nitrogen and oxygen atoms in total. The van der Waals surface area contributed by atoms with Gasteiger partial charge >= 0.3 is 0 Å². The number of nitrogens with two attached hydrogens (primary N) is 1. The number of nitrogens with zero attached hydrogens (tertiary/aromatic N) is 2. The van der Waals surface area contributed by atoms with E-state index in [9.17, 15) is 4.79 Å². The number of nitrogens with one attached hydrogen (secondary N) is 1. The summed E-state index contributed by atoms with van der Waals surface area (Å²) in [5.41, 5.74) is 6.48. The molecule has 3 N–H and O–H groups in total. The molecule has 0 spiro atoms. The van der Waals surface area contributed by atoms with E-state index in [2.05, 4.69) is 17.3 Å². The highest BCUT2D eigenvalue weighted by atomic mass is 35.5. The summed E-state index contributed by atoms with van der Waals surface area (Å²) in [6.07, 6.45) is 7.92. The summed E-state index contributed by atoms with van der Waals surface area (Å²) < 4.78 is 1.43. The molecule has 20 heavy (non-hydrogen) atoms. The fourth-order valence-corrected chi connectivity index (χ4v) is 2.77. The van der Waals surface area contributed by atoms with Crippen LogP contribution in [0, 0.1) is 0 Å². The van der Waals surface area contributed by atoms with Crippen molar-refractivity contribution >= 4 is 17.3 Å². The quantitative estimate of drug-likeness (QED) is 0.875. The molecule has 1 aromatic rings. The highest BCUT2D eigenvalue weighted by Gasteiger charge is 2.23. The van der Waals surface area contributed by atoms with Gasteiger partial charge in [-0.25, -0.2) is 4.68 Å². The molecule has 112 valence electrons. The largest absolute Gasteiger partial charge is 0.378 e. The van der Waals surface area contributed by atoms with Crippen LogP contribution in [0.4, 0.5) is 5.69 Å². The van der Waals surface area contributed by atoms with E-state index in [-0.39, 0.29) is 22.7 Å². The predicted molar refractivity (Wildman–Crippen MR) is 82.3 cm³/mol. The molecule has 1 saturated carbocycles. The normalized spacial score (nSPS) is 22.8. The van der Waals surface area contributed by atoms with Crippen molar-refractivity contribution < 1.29 is 0 Å². The lowest BCUT2D eigenvalue weighted by Gasteiger charge is -2.30. The Balaban J connectivity index is 2.12. The van der Waals surface area contributed by atoms with Crippen LogP contribution in [0.2, 0.25) is 5.02 Å². The van der Waals surface area contributed by atoms with E-state index >= 15 is 0 Å². The Hall–Kier alpha value is -1.07. The average Bonchev–Trinajstić information content (AvgIpc) is 2.45. The second kappa shape index (κ2) is 7.09. The predicted octanol–water partition coefficient (Wildman–Crippen LogP) is 2.38. The number of anilines is 1. The van der Waals surface area contributed by atoms with Gasteiger partial charge in [0, 0.05) is 18.6 Å². The number of rotatable bonds is 5. The summed E-state index contributed by atoms with van der Waals surface area (Å²) >= 11 is 6.17. The molecule has 2 atom stereocenters. The fourth-order valence-electron chi connectivity index (χ4n) is 2.57. The van der Waals surface area contributed by atoms with Crippen molar-refractivity contribution in [1.82, 2.24) is 9.78 Å². The van der Waals surface area contributed by atoms with Crippen LogP contribution >= 0.6 is 11.6 Å². The first-order valence-electron chi connectivity index (χ1n) is 7.41. The third kappa shape index (κ3) is 3.52. The van der Waals surface area contributed by atoms with Gasteiger partial charge in [0.15, 0.2) is 0 Å². The van der Waals surface area contributed by atoms with Crippen molar-refractivity contribution in [2.24, 2.45) is 5.73 Å².